The summed E-state index contributed by atoms with van der Waals surface area (Å²) in [6.45, 7) is 0. The Morgan fingerprint density at radius 1 is 0.394 bits per heavy atom. The number of benzene rings is 10. The van der Waals surface area contributed by atoms with Crippen LogP contribution in [-0.4, -0.2) is 16.2 Å². The van der Waals surface area contributed by atoms with Crippen molar-refractivity contribution in [3.8, 4) is 39.1 Å². The lowest BCUT2D eigenvalue weighted by molar-refractivity contribution is 0.749. The molecule has 14 rings (SSSR count). The monoisotopic (exact) mass is 840 g/mol. The van der Waals surface area contributed by atoms with E-state index in [9.17, 15) is 0 Å². The molecule has 3 heterocycles. The van der Waals surface area contributed by atoms with Crippen molar-refractivity contribution in [1.29, 1.82) is 0 Å². The van der Waals surface area contributed by atoms with Gasteiger partial charge in [-0.25, -0.2) is 9.98 Å². The number of amidine groups is 2. The Labute approximate surface area is 382 Å². The van der Waals surface area contributed by atoms with Crippen LogP contribution in [0.2, 0.25) is 0 Å². The molecule has 2 aliphatic heterocycles. The molecule has 1 spiro atoms. The lowest BCUT2D eigenvalue weighted by Gasteiger charge is -2.39. The van der Waals surface area contributed by atoms with Crippen LogP contribution >= 0.6 is 0 Å². The molecule has 4 nitrogen and oxygen atoms in total. The maximum absolute atomic E-state index is 5.26. The Bertz CT molecular complexity index is 3800. The van der Waals surface area contributed by atoms with Crippen LogP contribution in [-0.2, 0) is 5.41 Å². The van der Waals surface area contributed by atoms with Crippen molar-refractivity contribution in [3.05, 3.63) is 269 Å². The Morgan fingerprint density at radius 3 is 1.82 bits per heavy atom. The first-order valence-electron chi connectivity index (χ1n) is 22.8. The summed E-state index contributed by atoms with van der Waals surface area (Å²) < 4.78 is 2.52. The van der Waals surface area contributed by atoms with E-state index in [4.69, 9.17) is 9.98 Å². The van der Waals surface area contributed by atoms with Gasteiger partial charge in [0.25, 0.3) is 0 Å². The first-order chi connectivity index (χ1) is 32.7. The molecule has 4 heteroatoms. The number of nitrogens with one attached hydrogen (secondary N) is 1. The van der Waals surface area contributed by atoms with Gasteiger partial charge in [0.1, 0.15) is 11.7 Å². The fourth-order valence-electron chi connectivity index (χ4n) is 11.5. The molecule has 66 heavy (non-hydrogen) atoms. The molecule has 308 valence electrons. The normalized spacial score (nSPS) is 15.9. The molecule has 11 aromatic rings. The number of para-hydroxylation sites is 3. The van der Waals surface area contributed by atoms with Crippen LogP contribution in [0.1, 0.15) is 45.1 Å². The maximum Gasteiger partial charge on any atom is 0.169 e. The van der Waals surface area contributed by atoms with Gasteiger partial charge in [-0.2, -0.15) is 0 Å². The van der Waals surface area contributed by atoms with Crippen LogP contribution < -0.4 is 5.32 Å². The zero-order chi connectivity index (χ0) is 43.3. The summed E-state index contributed by atoms with van der Waals surface area (Å²) >= 11 is 0. The summed E-state index contributed by atoms with van der Waals surface area (Å²) in [6, 6.07) is 84.2. The fourth-order valence-corrected chi connectivity index (χ4v) is 11.5. The second-order valence-electron chi connectivity index (χ2n) is 17.6. The van der Waals surface area contributed by atoms with Crippen molar-refractivity contribution in [2.45, 2.75) is 11.6 Å². The zero-order valence-electron chi connectivity index (χ0n) is 35.9. The summed E-state index contributed by atoms with van der Waals surface area (Å²) in [5.74, 6) is 1.61. The Balaban J connectivity index is 0.992. The van der Waals surface area contributed by atoms with Gasteiger partial charge in [0.15, 0.2) is 6.17 Å². The SMILES string of the molecule is c1ccc(C2=NC(c3cccc(-c4c(-c5ccc6c(c5)C5(c7ccccc7-6)c6ccccc6-n6c7ccccc7c7cccc5c76)ccc5ccccc45)c3)N=C(c3ccccc3)N2)cc1. The van der Waals surface area contributed by atoms with Crippen LogP contribution in [0.15, 0.2) is 241 Å². The van der Waals surface area contributed by atoms with Crippen LogP contribution in [0.4, 0.5) is 0 Å². The first kappa shape index (κ1) is 36.8. The maximum atomic E-state index is 5.26. The Kier molecular flexibility index (Phi) is 7.93. The Hall–Kier alpha value is -8.60. The highest BCUT2D eigenvalue weighted by atomic mass is 15.2. The fraction of sp³-hybridized carbons (Fsp3) is 0.0323. The van der Waals surface area contributed by atoms with Gasteiger partial charge in [-0.15, -0.1) is 0 Å². The molecular weight excluding hydrogens is 801 g/mol. The van der Waals surface area contributed by atoms with Crippen LogP contribution in [0.5, 0.6) is 0 Å². The molecule has 1 aromatic heterocycles. The number of fused-ring (bicyclic) bond motifs is 13. The zero-order valence-corrected chi connectivity index (χ0v) is 35.9. The van der Waals surface area contributed by atoms with Gasteiger partial charge < -0.3 is 9.88 Å². The minimum atomic E-state index is -0.544. The average molecular weight is 841 g/mol. The number of hydrogen-bond acceptors (Lipinski definition) is 3. The molecular formula is C62H40N4. The highest BCUT2D eigenvalue weighted by Gasteiger charge is 2.51. The summed E-state index contributed by atoms with van der Waals surface area (Å²) in [7, 11) is 0. The number of aliphatic imine (C=N–C) groups is 2. The highest BCUT2D eigenvalue weighted by molar-refractivity contribution is 6.16. The molecule has 0 fully saturated rings. The quantitative estimate of drug-likeness (QED) is 0.184. The average Bonchev–Trinajstić information content (AvgIpc) is 3.89. The van der Waals surface area contributed by atoms with E-state index in [-0.39, 0.29) is 0 Å². The van der Waals surface area contributed by atoms with Gasteiger partial charge in [0.2, 0.25) is 0 Å². The van der Waals surface area contributed by atoms with Gasteiger partial charge >= 0.3 is 0 Å². The molecule has 10 aromatic carbocycles. The smallest absolute Gasteiger partial charge is 0.169 e. The van der Waals surface area contributed by atoms with Crippen LogP contribution in [0.25, 0.3) is 71.6 Å². The lowest BCUT2D eigenvalue weighted by Crippen LogP contribution is -2.35. The molecule has 0 saturated carbocycles. The van der Waals surface area contributed by atoms with Crippen molar-refractivity contribution >= 4 is 44.2 Å². The predicted octanol–water partition coefficient (Wildman–Crippen LogP) is 14.4. The number of aromatic nitrogens is 1. The molecule has 1 unspecified atom stereocenters. The number of hydrogen-bond donors (Lipinski definition) is 1. The van der Waals surface area contributed by atoms with E-state index in [1.165, 1.54) is 88.3 Å². The van der Waals surface area contributed by atoms with E-state index < -0.39 is 11.6 Å². The van der Waals surface area contributed by atoms with E-state index in [0.29, 0.717) is 0 Å². The first-order valence-corrected chi connectivity index (χ1v) is 22.8. The molecule has 0 saturated heterocycles. The van der Waals surface area contributed by atoms with E-state index in [2.05, 4.69) is 228 Å². The predicted molar refractivity (Wildman–Crippen MR) is 272 cm³/mol. The number of rotatable bonds is 5. The minimum absolute atomic E-state index is 0.446. The second kappa shape index (κ2) is 14.2. The van der Waals surface area contributed by atoms with Crippen molar-refractivity contribution < 1.29 is 0 Å². The summed E-state index contributed by atoms with van der Waals surface area (Å²) in [5.41, 5.74) is 18.8. The summed E-state index contributed by atoms with van der Waals surface area (Å²) in [6.07, 6.45) is -0.446. The number of nitrogens with zero attached hydrogens (tertiary/aromatic N) is 3. The topological polar surface area (TPSA) is 41.7 Å². The lowest BCUT2D eigenvalue weighted by atomic mass is 9.65. The molecule has 0 amide bonds. The standard InChI is InChI=1S/C62H40N4/c1-3-18-40(19-4-1)59-63-60(41-20-5-2-6-21-41)65-61(64-59)44-23-15-22-43(37-44)57-45-24-8-7-17-39(45)33-35-46(57)42-34-36-48-47-25-9-11-28-51(47)62(54(48)38-42)52-29-12-14-32-56(52)66-55-31-13-10-26-49(55)50-27-16-30-53(62)58(50)66/h1-38,61H,(H,63,64,65). The van der Waals surface area contributed by atoms with Crippen molar-refractivity contribution in [1.82, 2.24) is 9.88 Å². The minimum Gasteiger partial charge on any atom is -0.324 e. The van der Waals surface area contributed by atoms with Crippen molar-refractivity contribution in [2.75, 3.05) is 0 Å². The van der Waals surface area contributed by atoms with E-state index in [1.54, 1.807) is 0 Å². The van der Waals surface area contributed by atoms with Gasteiger partial charge in [-0.3, -0.25) is 0 Å². The Morgan fingerprint density at radius 2 is 1.00 bits per heavy atom. The van der Waals surface area contributed by atoms with Crippen LogP contribution in [0, 0.1) is 0 Å². The van der Waals surface area contributed by atoms with E-state index in [1.807, 2.05) is 12.1 Å². The van der Waals surface area contributed by atoms with Crippen LogP contribution in [0.3, 0.4) is 0 Å². The molecule has 3 aliphatic rings. The van der Waals surface area contributed by atoms with E-state index in [0.717, 1.165) is 33.9 Å². The van der Waals surface area contributed by atoms with Crippen molar-refractivity contribution in [3.63, 3.8) is 0 Å². The molecule has 1 aliphatic carbocycles. The van der Waals surface area contributed by atoms with Gasteiger partial charge in [0.05, 0.1) is 22.1 Å². The highest BCUT2D eigenvalue weighted by Crippen LogP contribution is 2.61. The molecule has 1 atom stereocenters. The third-order valence-electron chi connectivity index (χ3n) is 14.2. The molecule has 1 N–H and O–H groups in total. The third kappa shape index (κ3) is 5.21. The van der Waals surface area contributed by atoms with E-state index >= 15 is 0 Å². The molecule has 0 bridgehead atoms. The summed E-state index contributed by atoms with van der Waals surface area (Å²) in [4.78, 5) is 10.5. The third-order valence-corrected chi connectivity index (χ3v) is 14.2. The molecule has 0 radical (unpaired) electrons. The summed E-state index contributed by atoms with van der Waals surface area (Å²) in [5, 5.41) is 8.52. The van der Waals surface area contributed by atoms with Gasteiger partial charge in [-0.05, 0) is 96.2 Å². The largest absolute Gasteiger partial charge is 0.324 e. The second-order valence-corrected chi connectivity index (χ2v) is 17.6. The van der Waals surface area contributed by atoms with Gasteiger partial charge in [-0.1, -0.05) is 206 Å². The van der Waals surface area contributed by atoms with Crippen molar-refractivity contribution in [2.24, 2.45) is 9.98 Å². The van der Waals surface area contributed by atoms with Gasteiger partial charge in [0, 0.05) is 21.9 Å².